The molecule has 0 atom stereocenters. The number of hydrogen-bond acceptors (Lipinski definition) is 5. The van der Waals surface area contributed by atoms with Crippen LogP contribution in [-0.4, -0.2) is 23.3 Å². The molecule has 0 bridgehead atoms. The summed E-state index contributed by atoms with van der Waals surface area (Å²) in [6.45, 7) is 2.87. The van der Waals surface area contributed by atoms with Gasteiger partial charge in [-0.3, -0.25) is 0 Å². The van der Waals surface area contributed by atoms with Gasteiger partial charge in [-0.2, -0.15) is 0 Å². The number of phenolic OH excluding ortho intramolecular Hbond substituents is 2. The van der Waals surface area contributed by atoms with Crippen LogP contribution in [0.25, 0.3) is 0 Å². The number of rotatable bonds is 7. The molecule has 0 saturated carbocycles. The van der Waals surface area contributed by atoms with Crippen molar-refractivity contribution in [2.24, 2.45) is 0 Å². The van der Waals surface area contributed by atoms with E-state index in [-0.39, 0.29) is 0 Å². The Kier molecular flexibility index (Phi) is 9.18. The second kappa shape index (κ2) is 11.0. The van der Waals surface area contributed by atoms with Crippen LogP contribution in [0.2, 0.25) is 0 Å². The normalized spacial score (nSPS) is 9.91. The zero-order valence-electron chi connectivity index (χ0n) is 12.2. The summed E-state index contributed by atoms with van der Waals surface area (Å²) in [5, 5.41) is 25.7. The molecule has 115 valence electrons. The Morgan fingerprint density at radius 1 is 0.727 bits per heavy atom. The quantitative estimate of drug-likeness (QED) is 0.579. The minimum absolute atomic E-state index is 0.321. The van der Waals surface area contributed by atoms with Crippen molar-refractivity contribution in [1.82, 2.24) is 10.6 Å². The first-order valence-corrected chi connectivity index (χ1v) is 7.48. The SMILES string of the molecule is Oc1ccccc1CNCCNCc1ccccc1O.[O]=[V+2]. The molecule has 4 N–H and O–H groups in total. The van der Waals surface area contributed by atoms with Gasteiger partial charge in [0.05, 0.1) is 0 Å². The fraction of sp³-hybridized carbons (Fsp3) is 0.250. The molecule has 0 aromatic heterocycles. The molecule has 0 amide bonds. The Balaban J connectivity index is 0.00000116. The van der Waals surface area contributed by atoms with E-state index < -0.39 is 0 Å². The van der Waals surface area contributed by atoms with Crippen molar-refractivity contribution in [1.29, 1.82) is 0 Å². The van der Waals surface area contributed by atoms with Gasteiger partial charge in [0.2, 0.25) is 0 Å². The zero-order valence-corrected chi connectivity index (χ0v) is 13.6. The van der Waals surface area contributed by atoms with Crippen molar-refractivity contribution >= 4 is 0 Å². The first kappa shape index (κ1) is 18.4. The molecule has 0 fully saturated rings. The molecule has 5 nitrogen and oxygen atoms in total. The Morgan fingerprint density at radius 2 is 1.09 bits per heavy atom. The van der Waals surface area contributed by atoms with Gasteiger partial charge < -0.3 is 20.8 Å². The first-order chi connectivity index (χ1) is 10.8. The summed E-state index contributed by atoms with van der Waals surface area (Å²) < 4.78 is 8.19. The first-order valence-electron chi connectivity index (χ1n) is 6.91. The van der Waals surface area contributed by atoms with E-state index in [9.17, 15) is 10.2 Å². The number of aromatic hydroxyl groups is 2. The second-order valence-corrected chi connectivity index (χ2v) is 4.61. The maximum atomic E-state index is 9.61. The zero-order chi connectivity index (χ0) is 16.2. The monoisotopic (exact) mass is 339 g/mol. The molecule has 0 heterocycles. The van der Waals surface area contributed by atoms with Gasteiger partial charge in [-0.15, -0.1) is 0 Å². The van der Waals surface area contributed by atoms with E-state index in [1.807, 2.05) is 36.4 Å². The van der Waals surface area contributed by atoms with Crippen LogP contribution >= 0.6 is 0 Å². The number of benzene rings is 2. The third-order valence-corrected chi connectivity index (χ3v) is 3.09. The van der Waals surface area contributed by atoms with Crippen LogP contribution in [0.4, 0.5) is 0 Å². The number of nitrogens with one attached hydrogen (secondary N) is 2. The average molecular weight is 339 g/mol. The van der Waals surface area contributed by atoms with Crippen LogP contribution < -0.4 is 10.6 Å². The van der Waals surface area contributed by atoms with Crippen molar-refractivity contribution in [3.63, 3.8) is 0 Å². The molecule has 0 aliphatic carbocycles. The van der Waals surface area contributed by atoms with E-state index in [1.54, 1.807) is 12.1 Å². The summed E-state index contributed by atoms with van der Waals surface area (Å²) in [4.78, 5) is 0. The minimum atomic E-state index is 0.321. The van der Waals surface area contributed by atoms with Gasteiger partial charge in [0.25, 0.3) is 0 Å². The Labute approximate surface area is 139 Å². The van der Waals surface area contributed by atoms with Crippen molar-refractivity contribution in [3.8, 4) is 11.5 Å². The summed E-state index contributed by atoms with van der Waals surface area (Å²) in [5.41, 5.74) is 1.79. The van der Waals surface area contributed by atoms with Crippen molar-refractivity contribution in [2.75, 3.05) is 13.1 Å². The molecule has 0 spiro atoms. The van der Waals surface area contributed by atoms with Gasteiger partial charge in [0.15, 0.2) is 0 Å². The van der Waals surface area contributed by atoms with E-state index in [2.05, 4.69) is 10.6 Å². The molecule has 6 heteroatoms. The Bertz CT molecular complexity index is 517. The number of hydrogen-bond donors (Lipinski definition) is 4. The van der Waals surface area contributed by atoms with Crippen LogP contribution in [0, 0.1) is 0 Å². The predicted octanol–water partition coefficient (Wildman–Crippen LogP) is 1.86. The Hall–Kier alpha value is -1.66. The van der Waals surface area contributed by atoms with Crippen LogP contribution in [0.3, 0.4) is 0 Å². The van der Waals surface area contributed by atoms with Crippen LogP contribution in [0.5, 0.6) is 11.5 Å². The molecular weight excluding hydrogens is 319 g/mol. The fourth-order valence-electron chi connectivity index (χ4n) is 1.94. The van der Waals surface area contributed by atoms with Gasteiger partial charge in [0, 0.05) is 37.3 Å². The topological polar surface area (TPSA) is 81.6 Å². The summed E-state index contributed by atoms with van der Waals surface area (Å²) in [6.07, 6.45) is 0. The van der Waals surface area contributed by atoms with Gasteiger partial charge in [-0.05, 0) is 12.1 Å². The van der Waals surface area contributed by atoms with E-state index in [0.29, 0.717) is 24.6 Å². The van der Waals surface area contributed by atoms with Crippen LogP contribution in [-0.2, 0) is 34.1 Å². The van der Waals surface area contributed by atoms with Crippen LogP contribution in [0.15, 0.2) is 48.5 Å². The van der Waals surface area contributed by atoms with E-state index in [1.165, 1.54) is 0 Å². The van der Waals surface area contributed by atoms with E-state index in [4.69, 9.17) is 3.67 Å². The molecule has 22 heavy (non-hydrogen) atoms. The maximum absolute atomic E-state index is 9.61. The molecule has 2 aromatic rings. The van der Waals surface area contributed by atoms with Crippen molar-refractivity contribution in [2.45, 2.75) is 13.1 Å². The third-order valence-electron chi connectivity index (χ3n) is 3.09. The standard InChI is InChI=1S/C16H20N2O2.O.V/c19-15-7-3-1-5-13(15)11-17-9-10-18-12-14-6-2-4-8-16(14)20;;/h1-8,17-20H,9-12H2;;/q;;+2. The second-order valence-electron chi connectivity index (χ2n) is 4.61. The van der Waals surface area contributed by atoms with Crippen molar-refractivity contribution < 1.29 is 31.3 Å². The number of para-hydroxylation sites is 2. The average Bonchev–Trinajstić information content (AvgIpc) is 2.56. The van der Waals surface area contributed by atoms with Gasteiger partial charge >= 0.3 is 21.0 Å². The molecule has 2 aromatic carbocycles. The van der Waals surface area contributed by atoms with Crippen molar-refractivity contribution in [3.05, 3.63) is 59.7 Å². The van der Waals surface area contributed by atoms with Gasteiger partial charge in [0.1, 0.15) is 11.5 Å². The molecule has 0 saturated heterocycles. The molecular formula is C16H20N2O3V+2. The number of phenols is 2. The predicted molar refractivity (Wildman–Crippen MR) is 80.3 cm³/mol. The Morgan fingerprint density at radius 3 is 1.45 bits per heavy atom. The van der Waals surface area contributed by atoms with Gasteiger partial charge in [-0.25, -0.2) is 0 Å². The summed E-state index contributed by atoms with van der Waals surface area (Å²) >= 11 is 1.06. The summed E-state index contributed by atoms with van der Waals surface area (Å²) in [7, 11) is 0. The molecule has 0 unspecified atom stereocenters. The summed E-state index contributed by atoms with van der Waals surface area (Å²) in [5.74, 6) is 0.643. The van der Waals surface area contributed by atoms with E-state index in [0.717, 1.165) is 41.6 Å². The molecule has 0 aliphatic rings. The summed E-state index contributed by atoms with van der Waals surface area (Å²) in [6, 6.07) is 14.6. The van der Waals surface area contributed by atoms with Crippen LogP contribution in [0.1, 0.15) is 11.1 Å². The molecule has 0 aliphatic heterocycles. The third kappa shape index (κ3) is 6.41. The molecule has 0 radical (unpaired) electrons. The van der Waals surface area contributed by atoms with E-state index >= 15 is 0 Å². The molecule has 2 rings (SSSR count). The fourth-order valence-corrected chi connectivity index (χ4v) is 1.94. The van der Waals surface area contributed by atoms with Gasteiger partial charge in [-0.1, -0.05) is 36.4 Å².